The van der Waals surface area contributed by atoms with Gasteiger partial charge in [-0.1, -0.05) is 32.3 Å². The quantitative estimate of drug-likeness (QED) is 0.603. The van der Waals surface area contributed by atoms with E-state index in [0.717, 1.165) is 49.8 Å². The molecule has 0 aromatic heterocycles. The first-order chi connectivity index (χ1) is 18.1. The molecule has 8 heteroatoms. The van der Waals surface area contributed by atoms with Gasteiger partial charge in [-0.05, 0) is 49.6 Å². The van der Waals surface area contributed by atoms with E-state index in [1.807, 2.05) is 4.90 Å². The zero-order valence-electron chi connectivity index (χ0n) is 22.0. The van der Waals surface area contributed by atoms with Crippen molar-refractivity contribution in [1.82, 2.24) is 20.4 Å². The van der Waals surface area contributed by atoms with E-state index in [9.17, 15) is 4.79 Å². The summed E-state index contributed by atoms with van der Waals surface area (Å²) < 4.78 is 28.5. The summed E-state index contributed by atoms with van der Waals surface area (Å²) >= 11 is 0. The van der Waals surface area contributed by atoms with E-state index in [4.69, 9.17) is 9.47 Å². The van der Waals surface area contributed by atoms with E-state index >= 15 is 4.39 Å². The van der Waals surface area contributed by atoms with Gasteiger partial charge in [-0.2, -0.15) is 0 Å². The van der Waals surface area contributed by atoms with Crippen LogP contribution in [0.15, 0.2) is 23.9 Å². The monoisotopic (exact) mass is 514 g/mol. The van der Waals surface area contributed by atoms with Gasteiger partial charge in [0.1, 0.15) is 6.17 Å². The number of hydrogen-bond donors (Lipinski definition) is 2. The highest BCUT2D eigenvalue weighted by molar-refractivity contribution is 5.98. The van der Waals surface area contributed by atoms with Gasteiger partial charge in [0.2, 0.25) is 0 Å². The lowest BCUT2D eigenvalue weighted by atomic mass is 9.64. The second-order valence-corrected chi connectivity index (χ2v) is 12.6. The van der Waals surface area contributed by atoms with Crippen molar-refractivity contribution in [3.05, 3.63) is 23.9 Å². The molecule has 10 unspecified atom stereocenters. The number of carbonyl (C=O) groups excluding carboxylic acids is 1. The summed E-state index contributed by atoms with van der Waals surface area (Å²) in [6, 6.07) is 0.253. The average molecular weight is 515 g/mol. The van der Waals surface area contributed by atoms with Gasteiger partial charge in [0.15, 0.2) is 0 Å². The zero-order chi connectivity index (χ0) is 25.1. The molecule has 204 valence electrons. The van der Waals surface area contributed by atoms with Gasteiger partial charge in [0.25, 0.3) is 5.91 Å². The zero-order valence-corrected chi connectivity index (χ0v) is 22.0. The van der Waals surface area contributed by atoms with E-state index in [1.54, 1.807) is 0 Å². The fourth-order valence-electron chi connectivity index (χ4n) is 8.78. The van der Waals surface area contributed by atoms with E-state index in [1.165, 1.54) is 25.7 Å². The second-order valence-electron chi connectivity index (χ2n) is 12.6. The predicted molar refractivity (Wildman–Crippen MR) is 139 cm³/mol. The minimum atomic E-state index is -1.02. The molecule has 3 aliphatic carbocycles. The summed E-state index contributed by atoms with van der Waals surface area (Å²) in [6.07, 6.45) is 9.82. The van der Waals surface area contributed by atoms with Crippen LogP contribution >= 0.6 is 0 Å². The van der Waals surface area contributed by atoms with Crippen molar-refractivity contribution in [2.24, 2.45) is 17.8 Å². The maximum absolute atomic E-state index is 16.1. The fraction of sp³-hybridized carbons (Fsp3) is 0.828. The van der Waals surface area contributed by atoms with Gasteiger partial charge in [-0.3, -0.25) is 4.79 Å². The highest BCUT2D eigenvalue weighted by Gasteiger charge is 2.58. The smallest absolute Gasteiger partial charge is 0.255 e. The Morgan fingerprint density at radius 1 is 1.11 bits per heavy atom. The van der Waals surface area contributed by atoms with Crippen LogP contribution in [-0.4, -0.2) is 97.6 Å². The molecule has 3 saturated heterocycles. The number of fused-ring (bicyclic) bond motifs is 3. The third-order valence-corrected chi connectivity index (χ3v) is 10.7. The van der Waals surface area contributed by atoms with Gasteiger partial charge >= 0.3 is 0 Å². The minimum Gasteiger partial charge on any atom is -0.378 e. The lowest BCUT2D eigenvalue weighted by Gasteiger charge is -2.62. The molecule has 0 aromatic carbocycles. The Hall–Kier alpha value is -1.48. The summed E-state index contributed by atoms with van der Waals surface area (Å²) in [7, 11) is 0. The molecule has 3 saturated carbocycles. The number of hydrogen-bond acceptors (Lipinski definition) is 6. The molecule has 2 N–H and O–H groups in total. The Morgan fingerprint density at radius 2 is 1.89 bits per heavy atom. The molecule has 4 aliphatic heterocycles. The number of alkyl halides is 1. The summed E-state index contributed by atoms with van der Waals surface area (Å²) in [6.45, 7) is 8.64. The van der Waals surface area contributed by atoms with E-state index in [-0.39, 0.29) is 48.2 Å². The SMILES string of the molecule is C=C1C(C(=O)N2CCOCC2)=CN2C3CC4CCCCC4CC3OC3C(NC4CCNC4)C(F)CC1C32. The Labute approximate surface area is 220 Å². The molecule has 1 amide bonds. The minimum absolute atomic E-state index is 0.0328. The second kappa shape index (κ2) is 9.92. The highest BCUT2D eigenvalue weighted by atomic mass is 19.1. The highest BCUT2D eigenvalue weighted by Crippen LogP contribution is 2.51. The first kappa shape index (κ1) is 24.6. The van der Waals surface area contributed by atoms with Crippen LogP contribution in [0.5, 0.6) is 0 Å². The lowest BCUT2D eigenvalue weighted by molar-refractivity contribution is -0.205. The summed E-state index contributed by atoms with van der Waals surface area (Å²) in [5.41, 5.74) is 1.49. The van der Waals surface area contributed by atoms with Crippen LogP contribution in [0.25, 0.3) is 0 Å². The number of amides is 1. The van der Waals surface area contributed by atoms with Gasteiger partial charge < -0.3 is 29.9 Å². The topological polar surface area (TPSA) is 66.1 Å². The number of nitrogens with one attached hydrogen (secondary N) is 2. The molecule has 7 aliphatic rings. The van der Waals surface area contributed by atoms with Crippen LogP contribution in [0.4, 0.5) is 4.39 Å². The molecular formula is C29H43FN4O3. The summed E-state index contributed by atoms with van der Waals surface area (Å²) in [5, 5.41) is 7.09. The number of ether oxygens (including phenoxy) is 2. The average Bonchev–Trinajstić information content (AvgIpc) is 3.44. The van der Waals surface area contributed by atoms with Crippen LogP contribution in [0, 0.1) is 17.8 Å². The van der Waals surface area contributed by atoms with E-state index in [2.05, 4.69) is 28.3 Å². The molecule has 7 rings (SSSR count). The molecule has 37 heavy (non-hydrogen) atoms. The molecule has 7 nitrogen and oxygen atoms in total. The Kier molecular flexibility index (Phi) is 6.58. The third-order valence-electron chi connectivity index (χ3n) is 10.7. The van der Waals surface area contributed by atoms with Crippen molar-refractivity contribution in [3.63, 3.8) is 0 Å². The van der Waals surface area contributed by atoms with Crippen molar-refractivity contribution in [2.75, 3.05) is 39.4 Å². The number of morpholine rings is 2. The molecule has 0 radical (unpaired) electrons. The van der Waals surface area contributed by atoms with Crippen molar-refractivity contribution in [1.29, 1.82) is 0 Å². The lowest BCUT2D eigenvalue weighted by Crippen LogP contribution is -2.73. The molecule has 10 atom stereocenters. The van der Waals surface area contributed by atoms with Gasteiger partial charge in [0.05, 0.1) is 49.1 Å². The van der Waals surface area contributed by atoms with Crippen LogP contribution in [0.3, 0.4) is 0 Å². The first-order valence-corrected chi connectivity index (χ1v) is 14.9. The van der Waals surface area contributed by atoms with Crippen LogP contribution in [0.1, 0.15) is 51.4 Å². The van der Waals surface area contributed by atoms with Crippen LogP contribution < -0.4 is 10.6 Å². The first-order valence-electron chi connectivity index (χ1n) is 14.9. The molecule has 0 bridgehead atoms. The van der Waals surface area contributed by atoms with E-state index in [0.29, 0.717) is 38.3 Å². The fourth-order valence-corrected chi connectivity index (χ4v) is 8.78. The third kappa shape index (κ3) is 4.26. The molecular weight excluding hydrogens is 471 g/mol. The van der Waals surface area contributed by atoms with Crippen molar-refractivity contribution in [2.45, 2.75) is 93.9 Å². The molecule has 4 heterocycles. The Balaban J connectivity index is 1.24. The maximum Gasteiger partial charge on any atom is 0.255 e. The largest absolute Gasteiger partial charge is 0.378 e. The molecule has 0 spiro atoms. The standard InChI is InChI=1S/C29H43FN4O3/c1-17-21-14-23(30)26(32-20-6-7-31-15-20)28-27(21)34(16-22(17)29(35)33-8-10-36-11-9-33)24-12-18-4-2-3-5-19(18)13-25(24)37-28/h16,18-21,23-28,31-32H,1-15H2. The molecule has 6 fully saturated rings. The Morgan fingerprint density at radius 3 is 2.65 bits per heavy atom. The summed E-state index contributed by atoms with van der Waals surface area (Å²) in [4.78, 5) is 18.1. The van der Waals surface area contributed by atoms with Crippen LogP contribution in [0.2, 0.25) is 0 Å². The van der Waals surface area contributed by atoms with Gasteiger partial charge in [0, 0.05) is 37.8 Å². The van der Waals surface area contributed by atoms with E-state index < -0.39 is 6.17 Å². The van der Waals surface area contributed by atoms with Crippen molar-refractivity contribution >= 4 is 5.91 Å². The molecule has 0 aromatic rings. The number of rotatable bonds is 3. The number of carbonyl (C=O) groups is 1. The Bertz CT molecular complexity index is 932. The predicted octanol–water partition coefficient (Wildman–Crippen LogP) is 2.38. The maximum atomic E-state index is 16.1. The van der Waals surface area contributed by atoms with Crippen molar-refractivity contribution < 1.29 is 18.7 Å². The van der Waals surface area contributed by atoms with Crippen molar-refractivity contribution in [3.8, 4) is 0 Å². The summed E-state index contributed by atoms with van der Waals surface area (Å²) in [5.74, 6) is 1.39. The van der Waals surface area contributed by atoms with Gasteiger partial charge in [-0.15, -0.1) is 0 Å². The normalized spacial score (nSPS) is 45.5. The van der Waals surface area contributed by atoms with Gasteiger partial charge in [-0.25, -0.2) is 4.39 Å². The number of nitrogens with zero attached hydrogens (tertiary/aromatic N) is 2. The number of halogens is 1. The van der Waals surface area contributed by atoms with Crippen LogP contribution in [-0.2, 0) is 14.3 Å².